The molecule has 0 aliphatic carbocycles. The van der Waals surface area contributed by atoms with Crippen molar-refractivity contribution in [2.75, 3.05) is 37.4 Å². The van der Waals surface area contributed by atoms with E-state index in [1.807, 2.05) is 0 Å². The van der Waals surface area contributed by atoms with Gasteiger partial charge in [-0.15, -0.1) is 0 Å². The summed E-state index contributed by atoms with van der Waals surface area (Å²) in [6.45, 7) is 1.03. The van der Waals surface area contributed by atoms with Gasteiger partial charge < -0.3 is 10.1 Å². The van der Waals surface area contributed by atoms with Gasteiger partial charge in [0.15, 0.2) is 0 Å². The average Bonchev–Trinajstić information content (AvgIpc) is 3.21. The lowest BCUT2D eigenvalue weighted by molar-refractivity contribution is 0.0937. The quantitative estimate of drug-likeness (QED) is 0.701. The molecule has 1 aliphatic heterocycles. The van der Waals surface area contributed by atoms with E-state index >= 15 is 0 Å². The van der Waals surface area contributed by atoms with E-state index in [1.165, 1.54) is 10.6 Å². The molecule has 1 unspecified atom stereocenters. The van der Waals surface area contributed by atoms with Crippen molar-refractivity contribution in [3.8, 4) is 0 Å². The van der Waals surface area contributed by atoms with Crippen LogP contribution in [0.5, 0.6) is 0 Å². The number of benzene rings is 1. The number of methoxy groups -OCH3 is 1. The van der Waals surface area contributed by atoms with Crippen LogP contribution in [-0.4, -0.2) is 62.6 Å². The number of sulfonamides is 1. The number of carbonyl (C=O) groups is 1. The van der Waals surface area contributed by atoms with Crippen LogP contribution in [0.1, 0.15) is 27.7 Å². The molecule has 0 radical (unpaired) electrons. The number of nitrogens with one attached hydrogen (secondary N) is 2. The van der Waals surface area contributed by atoms with Crippen LogP contribution >= 0.6 is 0 Å². The molecule has 1 aromatic carbocycles. The van der Waals surface area contributed by atoms with E-state index in [2.05, 4.69) is 20.5 Å². The van der Waals surface area contributed by atoms with Gasteiger partial charge in [0.1, 0.15) is 12.2 Å². The third-order valence-corrected chi connectivity index (χ3v) is 5.18. The van der Waals surface area contributed by atoms with Crippen LogP contribution in [0.4, 0.5) is 5.69 Å². The highest BCUT2D eigenvalue weighted by Crippen LogP contribution is 2.40. The van der Waals surface area contributed by atoms with Gasteiger partial charge in [-0.1, -0.05) is 0 Å². The maximum atomic E-state index is 12.3. The number of aromatic amines is 1. The summed E-state index contributed by atoms with van der Waals surface area (Å²) < 4.78 is 30.4. The summed E-state index contributed by atoms with van der Waals surface area (Å²) in [7, 11) is -1.88. The zero-order chi connectivity index (χ0) is 18.0. The van der Waals surface area contributed by atoms with Gasteiger partial charge in [-0.05, 0) is 23.8 Å². The molecule has 9 nitrogen and oxygen atoms in total. The number of hydrogen-bond acceptors (Lipinski definition) is 6. The Morgan fingerprint density at radius 1 is 1.48 bits per heavy atom. The van der Waals surface area contributed by atoms with E-state index in [1.54, 1.807) is 25.3 Å². The molecule has 0 bridgehead atoms. The summed E-state index contributed by atoms with van der Waals surface area (Å²) in [6, 6.07) is 4.97. The molecule has 134 valence electrons. The number of hydrogen-bond donors (Lipinski definition) is 2. The van der Waals surface area contributed by atoms with Crippen LogP contribution in [0.25, 0.3) is 0 Å². The van der Waals surface area contributed by atoms with Crippen LogP contribution in [0.2, 0.25) is 0 Å². The van der Waals surface area contributed by atoms with Crippen molar-refractivity contribution in [1.82, 2.24) is 20.5 Å². The third-order valence-electron chi connectivity index (χ3n) is 4.04. The normalized spacial score (nSPS) is 16.7. The van der Waals surface area contributed by atoms with Crippen molar-refractivity contribution < 1.29 is 17.9 Å². The van der Waals surface area contributed by atoms with E-state index in [-0.39, 0.29) is 18.4 Å². The van der Waals surface area contributed by atoms with E-state index in [4.69, 9.17) is 4.74 Å². The maximum absolute atomic E-state index is 12.3. The molecule has 0 fully saturated rings. The Hall–Kier alpha value is -2.46. The topological polar surface area (TPSA) is 117 Å². The van der Waals surface area contributed by atoms with Crippen molar-refractivity contribution in [3.05, 3.63) is 41.5 Å². The van der Waals surface area contributed by atoms with Crippen molar-refractivity contribution in [2.45, 2.75) is 5.92 Å². The molecular weight excluding hydrogens is 346 g/mol. The number of aromatic nitrogens is 3. The molecule has 2 heterocycles. The van der Waals surface area contributed by atoms with Crippen LogP contribution in [0, 0.1) is 0 Å². The fourth-order valence-electron chi connectivity index (χ4n) is 2.86. The summed E-state index contributed by atoms with van der Waals surface area (Å²) in [6.07, 6.45) is 2.53. The predicted molar refractivity (Wildman–Crippen MR) is 91.1 cm³/mol. The van der Waals surface area contributed by atoms with Crippen molar-refractivity contribution >= 4 is 21.6 Å². The summed E-state index contributed by atoms with van der Waals surface area (Å²) >= 11 is 0. The predicted octanol–water partition coefficient (Wildman–Crippen LogP) is 0.0924. The van der Waals surface area contributed by atoms with Gasteiger partial charge in [0.25, 0.3) is 5.91 Å². The molecule has 1 atom stereocenters. The lowest BCUT2D eigenvalue weighted by Crippen LogP contribution is -2.29. The lowest BCUT2D eigenvalue weighted by Gasteiger charge is -2.16. The Morgan fingerprint density at radius 2 is 2.28 bits per heavy atom. The Kier molecular flexibility index (Phi) is 4.73. The monoisotopic (exact) mass is 365 g/mol. The number of H-pyrrole nitrogens is 1. The molecule has 25 heavy (non-hydrogen) atoms. The first kappa shape index (κ1) is 17.4. The summed E-state index contributed by atoms with van der Waals surface area (Å²) in [5, 5.41) is 9.37. The lowest BCUT2D eigenvalue weighted by atomic mass is 9.98. The second kappa shape index (κ2) is 6.81. The highest BCUT2D eigenvalue weighted by Gasteiger charge is 2.36. The zero-order valence-electron chi connectivity index (χ0n) is 13.9. The summed E-state index contributed by atoms with van der Waals surface area (Å²) in [4.78, 5) is 16.4. The van der Waals surface area contributed by atoms with Crippen molar-refractivity contribution in [1.29, 1.82) is 0 Å². The van der Waals surface area contributed by atoms with E-state index in [0.29, 0.717) is 30.2 Å². The van der Waals surface area contributed by atoms with Gasteiger partial charge in [-0.25, -0.2) is 13.4 Å². The summed E-state index contributed by atoms with van der Waals surface area (Å²) in [5.74, 6) is 0.0114. The first-order chi connectivity index (χ1) is 11.9. The molecule has 1 aliphatic rings. The number of anilines is 1. The second-order valence-electron chi connectivity index (χ2n) is 5.74. The van der Waals surface area contributed by atoms with E-state index in [0.717, 1.165) is 11.8 Å². The molecule has 1 aromatic heterocycles. The number of amides is 1. The molecule has 2 N–H and O–H groups in total. The Balaban J connectivity index is 1.96. The van der Waals surface area contributed by atoms with E-state index < -0.39 is 10.0 Å². The van der Waals surface area contributed by atoms with Gasteiger partial charge in [-0.3, -0.25) is 14.2 Å². The summed E-state index contributed by atoms with van der Waals surface area (Å²) in [5.41, 5.74) is 1.73. The highest BCUT2D eigenvalue weighted by atomic mass is 32.2. The molecule has 2 aromatic rings. The Labute approximate surface area is 145 Å². The van der Waals surface area contributed by atoms with Crippen molar-refractivity contribution in [2.24, 2.45) is 0 Å². The van der Waals surface area contributed by atoms with Crippen LogP contribution in [-0.2, 0) is 14.8 Å². The maximum Gasteiger partial charge on any atom is 0.251 e. The molecule has 3 rings (SSSR count). The molecule has 0 saturated heterocycles. The zero-order valence-corrected chi connectivity index (χ0v) is 14.7. The van der Waals surface area contributed by atoms with Crippen LogP contribution in [0.15, 0.2) is 24.5 Å². The van der Waals surface area contributed by atoms with E-state index in [9.17, 15) is 13.2 Å². The average molecular weight is 365 g/mol. The number of rotatable bonds is 6. The minimum absolute atomic E-state index is 0.220. The first-order valence-electron chi connectivity index (χ1n) is 7.66. The Bertz CT molecular complexity index is 866. The third kappa shape index (κ3) is 3.49. The fourth-order valence-corrected chi connectivity index (χ4v) is 3.81. The minimum atomic E-state index is -3.44. The van der Waals surface area contributed by atoms with Gasteiger partial charge in [0.2, 0.25) is 10.0 Å². The van der Waals surface area contributed by atoms with Crippen molar-refractivity contribution in [3.63, 3.8) is 0 Å². The number of nitrogens with zero attached hydrogens (tertiary/aromatic N) is 3. The van der Waals surface area contributed by atoms with Gasteiger partial charge in [-0.2, -0.15) is 5.10 Å². The molecular formula is C15H19N5O4S. The first-order valence-corrected chi connectivity index (χ1v) is 9.50. The van der Waals surface area contributed by atoms with Gasteiger partial charge in [0.05, 0.1) is 24.5 Å². The number of fused-ring (bicyclic) bond motifs is 1. The number of ether oxygens (including phenoxy) is 1. The van der Waals surface area contributed by atoms with Crippen LogP contribution < -0.4 is 9.62 Å². The standard InChI is InChI=1S/C15H19N5O4S/c1-24-6-5-16-15(21)10-3-4-13-11(7-10)12(14-17-9-18-19-14)8-20(13)25(2,22)23/h3-4,7,9,12H,5-6,8H2,1-2H3,(H,16,21)(H,17,18,19). The molecule has 10 heteroatoms. The number of carbonyl (C=O) groups excluding carboxylic acids is 1. The molecule has 0 saturated carbocycles. The second-order valence-corrected chi connectivity index (χ2v) is 7.65. The van der Waals surface area contributed by atoms with Crippen LogP contribution in [0.3, 0.4) is 0 Å². The molecule has 0 spiro atoms. The molecule has 1 amide bonds. The van der Waals surface area contributed by atoms with Gasteiger partial charge in [0, 0.05) is 25.8 Å². The Morgan fingerprint density at radius 3 is 2.92 bits per heavy atom. The largest absolute Gasteiger partial charge is 0.383 e. The fraction of sp³-hybridized carbons (Fsp3) is 0.400. The highest BCUT2D eigenvalue weighted by molar-refractivity contribution is 7.92. The minimum Gasteiger partial charge on any atom is -0.383 e. The van der Waals surface area contributed by atoms with Gasteiger partial charge >= 0.3 is 0 Å². The SMILES string of the molecule is COCCNC(=O)c1ccc2c(c1)C(c1ncn[nH]1)CN2S(C)(=O)=O. The smallest absolute Gasteiger partial charge is 0.251 e.